The molecule has 0 unspecified atom stereocenters. The second kappa shape index (κ2) is 8.50. The highest BCUT2D eigenvalue weighted by atomic mass is 19.4. The molecule has 0 spiro atoms. The predicted molar refractivity (Wildman–Crippen MR) is 98.2 cm³/mol. The molecule has 2 saturated heterocycles. The highest BCUT2D eigenvalue weighted by molar-refractivity contribution is 5.22. The van der Waals surface area contributed by atoms with Crippen LogP contribution in [0.15, 0.2) is 30.3 Å². The van der Waals surface area contributed by atoms with Crippen molar-refractivity contribution in [3.8, 4) is 0 Å². The van der Waals surface area contributed by atoms with Gasteiger partial charge < -0.3 is 9.84 Å². The summed E-state index contributed by atoms with van der Waals surface area (Å²) in [6.07, 6.45) is 0.0816. The van der Waals surface area contributed by atoms with Crippen LogP contribution in [0.1, 0.15) is 69.9 Å². The van der Waals surface area contributed by atoms with E-state index in [1.54, 1.807) is 4.90 Å². The average Bonchev–Trinajstić information content (AvgIpc) is 3.07. The Morgan fingerprint density at radius 3 is 2.67 bits per heavy atom. The summed E-state index contributed by atoms with van der Waals surface area (Å²) in [7, 11) is 0. The maximum atomic E-state index is 14.1. The number of alkyl halides is 3. The van der Waals surface area contributed by atoms with Crippen LogP contribution in [0.3, 0.4) is 0 Å². The van der Waals surface area contributed by atoms with Crippen molar-refractivity contribution in [3.63, 3.8) is 0 Å². The highest BCUT2D eigenvalue weighted by Gasteiger charge is 2.67. The lowest BCUT2D eigenvalue weighted by Crippen LogP contribution is -2.62. The molecule has 4 atom stereocenters. The zero-order valence-electron chi connectivity index (χ0n) is 15.9. The molecule has 6 heteroatoms. The molecular formula is C21H30F3NO2. The fraction of sp³-hybridized carbons (Fsp3) is 0.714. The number of benzene rings is 1. The molecule has 0 aliphatic carbocycles. The molecule has 2 aliphatic rings. The Kier molecular flexibility index (Phi) is 6.49. The van der Waals surface area contributed by atoms with Crippen LogP contribution < -0.4 is 0 Å². The summed E-state index contributed by atoms with van der Waals surface area (Å²) in [5.41, 5.74) is -1.33. The van der Waals surface area contributed by atoms with Gasteiger partial charge in [0.1, 0.15) is 0 Å². The van der Waals surface area contributed by atoms with Gasteiger partial charge in [-0.1, -0.05) is 50.1 Å². The molecule has 2 heterocycles. The largest absolute Gasteiger partial charge is 0.431 e. The third kappa shape index (κ3) is 4.17. The minimum absolute atomic E-state index is 0.0191. The standard InChI is InChI=1S/C21H30F3NO2/c1-2-3-11-18(26)13-12-17-10-7-14-20(21(22,23)24)25(17)19(15-27-20)16-8-5-4-6-9-16/h4-6,8-9,17-19,26H,2-3,7,10-15H2,1H3/t17-,18+,19+,20-/m0/s1. The van der Waals surface area contributed by atoms with Gasteiger partial charge >= 0.3 is 6.18 Å². The third-order valence-electron chi connectivity index (χ3n) is 6.03. The molecule has 2 aliphatic heterocycles. The summed E-state index contributed by atoms with van der Waals surface area (Å²) in [6.45, 7) is 2.12. The number of piperidine rings is 1. The van der Waals surface area contributed by atoms with E-state index in [9.17, 15) is 18.3 Å². The molecule has 1 aromatic rings. The lowest BCUT2D eigenvalue weighted by atomic mass is 9.87. The zero-order chi connectivity index (χ0) is 19.5. The number of halogens is 3. The number of nitrogens with zero attached hydrogens (tertiary/aromatic N) is 1. The smallest absolute Gasteiger partial charge is 0.393 e. The fourth-order valence-corrected chi connectivity index (χ4v) is 4.64. The van der Waals surface area contributed by atoms with Crippen LogP contribution in [0.5, 0.6) is 0 Å². The van der Waals surface area contributed by atoms with Gasteiger partial charge in [-0.3, -0.25) is 4.90 Å². The van der Waals surface area contributed by atoms with Crippen molar-refractivity contribution in [3.05, 3.63) is 35.9 Å². The van der Waals surface area contributed by atoms with Crippen LogP contribution in [0.25, 0.3) is 0 Å². The van der Waals surface area contributed by atoms with Crippen molar-refractivity contribution in [2.75, 3.05) is 6.61 Å². The first-order valence-electron chi connectivity index (χ1n) is 10.1. The number of hydrogen-bond acceptors (Lipinski definition) is 3. The van der Waals surface area contributed by atoms with E-state index < -0.39 is 24.0 Å². The number of aliphatic hydroxyl groups excluding tert-OH is 1. The molecule has 1 N–H and O–H groups in total. The molecular weight excluding hydrogens is 355 g/mol. The quantitative estimate of drug-likeness (QED) is 0.700. The summed E-state index contributed by atoms with van der Waals surface area (Å²) >= 11 is 0. The summed E-state index contributed by atoms with van der Waals surface area (Å²) in [5, 5.41) is 10.2. The second-order valence-electron chi connectivity index (χ2n) is 7.85. The zero-order valence-corrected chi connectivity index (χ0v) is 15.9. The molecule has 0 saturated carbocycles. The van der Waals surface area contributed by atoms with Crippen molar-refractivity contribution in [1.82, 2.24) is 4.90 Å². The van der Waals surface area contributed by atoms with Crippen LogP contribution in [0, 0.1) is 0 Å². The Morgan fingerprint density at radius 1 is 1.26 bits per heavy atom. The Hall–Kier alpha value is -1.11. The van der Waals surface area contributed by atoms with Crippen molar-refractivity contribution in [2.24, 2.45) is 0 Å². The second-order valence-corrected chi connectivity index (χ2v) is 7.85. The van der Waals surface area contributed by atoms with Gasteiger partial charge in [0.05, 0.1) is 18.8 Å². The molecule has 3 nitrogen and oxygen atoms in total. The first-order valence-corrected chi connectivity index (χ1v) is 10.1. The van der Waals surface area contributed by atoms with Crippen LogP contribution in [-0.2, 0) is 4.74 Å². The van der Waals surface area contributed by atoms with E-state index in [4.69, 9.17) is 4.74 Å². The van der Waals surface area contributed by atoms with E-state index in [1.807, 2.05) is 30.3 Å². The molecule has 0 amide bonds. The SMILES string of the molecule is CCCC[C@@H](O)CC[C@@H]1CCC[C@@]2(C(F)(F)F)OC[C@H](c3ccccc3)N12. The Bertz CT molecular complexity index is 595. The van der Waals surface area contributed by atoms with E-state index in [-0.39, 0.29) is 19.1 Å². The van der Waals surface area contributed by atoms with Crippen molar-refractivity contribution < 1.29 is 23.0 Å². The number of aliphatic hydroxyl groups is 1. The highest BCUT2D eigenvalue weighted by Crippen LogP contribution is 2.53. The monoisotopic (exact) mass is 385 g/mol. The summed E-state index contributed by atoms with van der Waals surface area (Å²) in [4.78, 5) is 1.58. The number of fused-ring (bicyclic) bond motifs is 1. The van der Waals surface area contributed by atoms with Gasteiger partial charge in [0, 0.05) is 6.04 Å². The number of hydrogen-bond donors (Lipinski definition) is 1. The van der Waals surface area contributed by atoms with Crippen LogP contribution in [-0.4, -0.2) is 40.7 Å². The van der Waals surface area contributed by atoms with Crippen molar-refractivity contribution in [1.29, 1.82) is 0 Å². The first kappa shape index (κ1) is 20.6. The van der Waals surface area contributed by atoms with Crippen molar-refractivity contribution >= 4 is 0 Å². The third-order valence-corrected chi connectivity index (χ3v) is 6.03. The van der Waals surface area contributed by atoms with Gasteiger partial charge in [-0.25, -0.2) is 0 Å². The van der Waals surface area contributed by atoms with Crippen LogP contribution >= 0.6 is 0 Å². The minimum atomic E-state index is -4.43. The molecule has 0 radical (unpaired) electrons. The van der Waals surface area contributed by atoms with Gasteiger partial charge in [-0.2, -0.15) is 13.2 Å². The molecule has 27 heavy (non-hydrogen) atoms. The normalized spacial score (nSPS) is 30.3. The molecule has 0 aromatic heterocycles. The topological polar surface area (TPSA) is 32.7 Å². The van der Waals surface area contributed by atoms with Crippen LogP contribution in [0.2, 0.25) is 0 Å². The Balaban J connectivity index is 1.83. The summed E-state index contributed by atoms with van der Waals surface area (Å²) < 4.78 is 47.8. The van der Waals surface area contributed by atoms with Crippen molar-refractivity contribution in [2.45, 2.75) is 88.4 Å². The van der Waals surface area contributed by atoms with Gasteiger partial charge in [-0.05, 0) is 44.1 Å². The van der Waals surface area contributed by atoms with Crippen LogP contribution in [0.4, 0.5) is 13.2 Å². The summed E-state index contributed by atoms with van der Waals surface area (Å²) in [6, 6.07) is 8.71. The van der Waals surface area contributed by atoms with E-state index >= 15 is 0 Å². The minimum Gasteiger partial charge on any atom is -0.393 e. The van der Waals surface area contributed by atoms with E-state index in [0.717, 1.165) is 18.4 Å². The number of ether oxygens (including phenoxy) is 1. The maximum absolute atomic E-state index is 14.1. The maximum Gasteiger partial charge on any atom is 0.431 e. The molecule has 1 aromatic carbocycles. The van der Waals surface area contributed by atoms with Gasteiger partial charge in [0.25, 0.3) is 0 Å². The summed E-state index contributed by atoms with van der Waals surface area (Å²) in [5.74, 6) is 0. The first-order chi connectivity index (χ1) is 12.9. The van der Waals surface area contributed by atoms with Gasteiger partial charge in [0.2, 0.25) is 5.72 Å². The fourth-order valence-electron chi connectivity index (χ4n) is 4.64. The Labute approximate surface area is 159 Å². The Morgan fingerprint density at radius 2 is 2.00 bits per heavy atom. The van der Waals surface area contributed by atoms with Gasteiger partial charge in [-0.15, -0.1) is 0 Å². The number of rotatable bonds is 7. The molecule has 2 fully saturated rings. The lowest BCUT2D eigenvalue weighted by molar-refractivity contribution is -0.322. The molecule has 3 rings (SSSR count). The van der Waals surface area contributed by atoms with E-state index in [2.05, 4.69) is 6.92 Å². The van der Waals surface area contributed by atoms with Gasteiger partial charge in [0.15, 0.2) is 0 Å². The molecule has 0 bridgehead atoms. The lowest BCUT2D eigenvalue weighted by Gasteiger charge is -2.48. The average molecular weight is 385 g/mol. The van der Waals surface area contributed by atoms with E-state index in [0.29, 0.717) is 32.1 Å². The number of unbranched alkanes of at least 4 members (excludes halogenated alkanes) is 1. The predicted octanol–water partition coefficient (Wildman–Crippen LogP) is 5.20. The molecule has 152 valence electrons. The van der Waals surface area contributed by atoms with E-state index in [1.165, 1.54) is 0 Å².